The molecule has 2 aromatic rings. The normalized spacial score (nSPS) is 12.1. The molecule has 0 aliphatic carbocycles. The standard InChI is InChI=1S/C16H22N2/c1-10-6-7-13-8-11(2)15(16(4,5)9-17)18-14(13)12(10)3/h6-8H,9,17H2,1-5H3. The monoisotopic (exact) mass is 242 g/mol. The van der Waals surface area contributed by atoms with E-state index in [1.165, 1.54) is 22.1 Å². The van der Waals surface area contributed by atoms with Gasteiger partial charge in [0.25, 0.3) is 0 Å². The Balaban J connectivity index is 2.78. The third kappa shape index (κ3) is 2.01. The highest BCUT2D eigenvalue weighted by Gasteiger charge is 2.23. The largest absolute Gasteiger partial charge is 0.330 e. The number of benzene rings is 1. The first-order valence-electron chi connectivity index (χ1n) is 6.45. The van der Waals surface area contributed by atoms with Crippen LogP contribution in [0, 0.1) is 20.8 Å². The summed E-state index contributed by atoms with van der Waals surface area (Å²) >= 11 is 0. The van der Waals surface area contributed by atoms with Crippen molar-refractivity contribution in [2.75, 3.05) is 6.54 Å². The number of nitrogens with zero attached hydrogens (tertiary/aromatic N) is 1. The molecule has 0 atom stereocenters. The van der Waals surface area contributed by atoms with Gasteiger partial charge in [-0.25, -0.2) is 0 Å². The Kier molecular flexibility index (Phi) is 3.16. The Hall–Kier alpha value is -1.41. The molecular weight excluding hydrogens is 220 g/mol. The zero-order valence-electron chi connectivity index (χ0n) is 12.0. The molecule has 2 N–H and O–H groups in total. The van der Waals surface area contributed by atoms with Crippen LogP contribution in [0.25, 0.3) is 10.9 Å². The minimum absolute atomic E-state index is 0.0749. The number of nitrogens with two attached hydrogens (primary N) is 1. The van der Waals surface area contributed by atoms with Crippen LogP contribution in [0.4, 0.5) is 0 Å². The Morgan fingerprint density at radius 1 is 1.11 bits per heavy atom. The van der Waals surface area contributed by atoms with Gasteiger partial charge < -0.3 is 5.73 Å². The van der Waals surface area contributed by atoms with E-state index in [4.69, 9.17) is 10.7 Å². The maximum atomic E-state index is 5.88. The van der Waals surface area contributed by atoms with E-state index in [0.29, 0.717) is 6.54 Å². The summed E-state index contributed by atoms with van der Waals surface area (Å²) in [6.45, 7) is 11.3. The van der Waals surface area contributed by atoms with Gasteiger partial charge in [0.2, 0.25) is 0 Å². The van der Waals surface area contributed by atoms with Gasteiger partial charge in [-0.2, -0.15) is 0 Å². The van der Waals surface area contributed by atoms with Crippen molar-refractivity contribution in [2.45, 2.75) is 40.0 Å². The molecule has 18 heavy (non-hydrogen) atoms. The van der Waals surface area contributed by atoms with Gasteiger partial charge in [0, 0.05) is 17.3 Å². The first-order chi connectivity index (χ1) is 8.36. The lowest BCUT2D eigenvalue weighted by Gasteiger charge is -2.24. The summed E-state index contributed by atoms with van der Waals surface area (Å²) in [6, 6.07) is 6.53. The molecule has 1 aromatic heterocycles. The molecule has 2 rings (SSSR count). The molecule has 96 valence electrons. The van der Waals surface area contributed by atoms with Crippen LogP contribution in [0.5, 0.6) is 0 Å². The zero-order valence-corrected chi connectivity index (χ0v) is 12.0. The van der Waals surface area contributed by atoms with Crippen molar-refractivity contribution in [3.8, 4) is 0 Å². The van der Waals surface area contributed by atoms with Crippen LogP contribution in [0.2, 0.25) is 0 Å². The van der Waals surface area contributed by atoms with Crippen LogP contribution < -0.4 is 5.73 Å². The summed E-state index contributed by atoms with van der Waals surface area (Å²) in [5, 5.41) is 1.21. The Morgan fingerprint density at radius 3 is 2.39 bits per heavy atom. The number of aromatic nitrogens is 1. The summed E-state index contributed by atoms with van der Waals surface area (Å²) in [6.07, 6.45) is 0. The zero-order chi connectivity index (χ0) is 13.5. The predicted octanol–water partition coefficient (Wildman–Crippen LogP) is 3.40. The average Bonchev–Trinajstić information content (AvgIpc) is 2.33. The molecule has 0 fully saturated rings. The summed E-state index contributed by atoms with van der Waals surface area (Å²) < 4.78 is 0. The molecule has 0 saturated carbocycles. The van der Waals surface area contributed by atoms with Crippen molar-refractivity contribution in [1.29, 1.82) is 0 Å². The molecule has 0 radical (unpaired) electrons. The number of rotatable bonds is 2. The molecule has 0 amide bonds. The van der Waals surface area contributed by atoms with Crippen LogP contribution in [0.1, 0.15) is 36.2 Å². The van der Waals surface area contributed by atoms with E-state index in [1.54, 1.807) is 0 Å². The second kappa shape index (κ2) is 4.36. The van der Waals surface area contributed by atoms with Gasteiger partial charge in [0.15, 0.2) is 0 Å². The van der Waals surface area contributed by atoms with Crippen LogP contribution in [0.3, 0.4) is 0 Å². The maximum Gasteiger partial charge on any atom is 0.0737 e. The summed E-state index contributed by atoms with van der Waals surface area (Å²) in [7, 11) is 0. The number of fused-ring (bicyclic) bond motifs is 1. The smallest absolute Gasteiger partial charge is 0.0737 e. The van der Waals surface area contributed by atoms with Crippen molar-refractivity contribution in [3.05, 3.63) is 40.6 Å². The minimum Gasteiger partial charge on any atom is -0.330 e. The maximum absolute atomic E-state index is 5.88. The topological polar surface area (TPSA) is 38.9 Å². The van der Waals surface area contributed by atoms with Gasteiger partial charge in [-0.15, -0.1) is 0 Å². The lowest BCUT2D eigenvalue weighted by molar-refractivity contribution is 0.520. The SMILES string of the molecule is Cc1cc2ccc(C)c(C)c2nc1C(C)(C)CN. The van der Waals surface area contributed by atoms with Crippen molar-refractivity contribution in [3.63, 3.8) is 0 Å². The average molecular weight is 242 g/mol. The van der Waals surface area contributed by atoms with E-state index in [9.17, 15) is 0 Å². The lowest BCUT2D eigenvalue weighted by Crippen LogP contribution is -2.30. The van der Waals surface area contributed by atoms with E-state index in [1.807, 2.05) is 0 Å². The van der Waals surface area contributed by atoms with E-state index in [2.05, 4.69) is 52.8 Å². The number of pyridine rings is 1. The van der Waals surface area contributed by atoms with Gasteiger partial charge in [0.05, 0.1) is 11.2 Å². The van der Waals surface area contributed by atoms with E-state index >= 15 is 0 Å². The van der Waals surface area contributed by atoms with Crippen molar-refractivity contribution >= 4 is 10.9 Å². The fourth-order valence-electron chi connectivity index (χ4n) is 2.37. The molecule has 0 spiro atoms. The fourth-order valence-corrected chi connectivity index (χ4v) is 2.37. The molecule has 0 saturated heterocycles. The first kappa shape index (κ1) is 13.0. The van der Waals surface area contributed by atoms with Crippen LogP contribution >= 0.6 is 0 Å². The van der Waals surface area contributed by atoms with Gasteiger partial charge in [-0.05, 0) is 43.5 Å². The summed E-state index contributed by atoms with van der Waals surface area (Å²) in [4.78, 5) is 4.90. The number of hydrogen-bond donors (Lipinski definition) is 1. The van der Waals surface area contributed by atoms with Gasteiger partial charge in [0.1, 0.15) is 0 Å². The molecule has 0 aliphatic rings. The van der Waals surface area contributed by atoms with Gasteiger partial charge >= 0.3 is 0 Å². The molecule has 0 aliphatic heterocycles. The van der Waals surface area contributed by atoms with Crippen molar-refractivity contribution in [1.82, 2.24) is 4.98 Å². The highest BCUT2D eigenvalue weighted by atomic mass is 14.8. The molecular formula is C16H22N2. The molecule has 0 bridgehead atoms. The quantitative estimate of drug-likeness (QED) is 0.876. The molecule has 2 nitrogen and oxygen atoms in total. The van der Waals surface area contributed by atoms with Crippen molar-refractivity contribution in [2.24, 2.45) is 5.73 Å². The van der Waals surface area contributed by atoms with Gasteiger partial charge in [-0.3, -0.25) is 4.98 Å². The second-order valence-electron chi connectivity index (χ2n) is 5.82. The molecule has 2 heteroatoms. The van der Waals surface area contributed by atoms with E-state index < -0.39 is 0 Å². The first-order valence-corrected chi connectivity index (χ1v) is 6.45. The third-order valence-corrected chi connectivity index (χ3v) is 3.85. The number of aryl methyl sites for hydroxylation is 3. The fraction of sp³-hybridized carbons (Fsp3) is 0.438. The predicted molar refractivity (Wildman–Crippen MR) is 78.0 cm³/mol. The van der Waals surface area contributed by atoms with Gasteiger partial charge in [-0.1, -0.05) is 26.0 Å². The summed E-state index contributed by atoms with van der Waals surface area (Å²) in [5.41, 5.74) is 11.8. The lowest BCUT2D eigenvalue weighted by atomic mass is 9.85. The van der Waals surface area contributed by atoms with Crippen LogP contribution in [0.15, 0.2) is 18.2 Å². The van der Waals surface area contributed by atoms with Crippen molar-refractivity contribution < 1.29 is 0 Å². The Bertz CT molecular complexity index is 598. The highest BCUT2D eigenvalue weighted by molar-refractivity contribution is 5.83. The van der Waals surface area contributed by atoms with E-state index in [0.717, 1.165) is 11.2 Å². The second-order valence-corrected chi connectivity index (χ2v) is 5.82. The summed E-state index contributed by atoms with van der Waals surface area (Å²) in [5.74, 6) is 0. The molecule has 1 heterocycles. The van der Waals surface area contributed by atoms with Crippen LogP contribution in [-0.2, 0) is 5.41 Å². The Morgan fingerprint density at radius 2 is 1.78 bits per heavy atom. The van der Waals surface area contributed by atoms with E-state index in [-0.39, 0.29) is 5.41 Å². The molecule has 1 aromatic carbocycles. The number of hydrogen-bond acceptors (Lipinski definition) is 2. The molecule has 0 unspecified atom stereocenters. The Labute approximate surface area is 109 Å². The highest BCUT2D eigenvalue weighted by Crippen LogP contribution is 2.28. The van der Waals surface area contributed by atoms with Crippen LogP contribution in [-0.4, -0.2) is 11.5 Å². The minimum atomic E-state index is -0.0749. The third-order valence-electron chi connectivity index (χ3n) is 3.85.